The van der Waals surface area contributed by atoms with Crippen LogP contribution in [0.25, 0.3) is 0 Å². The second-order valence-electron chi connectivity index (χ2n) is 5.04. The van der Waals surface area contributed by atoms with E-state index < -0.39 is 5.60 Å². The predicted molar refractivity (Wildman–Crippen MR) is 56.6 cm³/mol. The quantitative estimate of drug-likeness (QED) is 0.650. The van der Waals surface area contributed by atoms with Crippen molar-refractivity contribution in [2.45, 2.75) is 52.6 Å². The van der Waals surface area contributed by atoms with Gasteiger partial charge in [-0.25, -0.2) is 0 Å². The Morgan fingerprint density at radius 1 is 1.38 bits per heavy atom. The van der Waals surface area contributed by atoms with Gasteiger partial charge in [0.1, 0.15) is 0 Å². The average Bonchev–Trinajstić information content (AvgIpc) is 2.21. The van der Waals surface area contributed by atoms with Gasteiger partial charge in [-0.05, 0) is 44.4 Å². The summed E-state index contributed by atoms with van der Waals surface area (Å²) in [5.74, 6) is 0.638. The minimum Gasteiger partial charge on any atom is -0.390 e. The highest BCUT2D eigenvalue weighted by Crippen LogP contribution is 2.51. The van der Waals surface area contributed by atoms with Crippen LogP contribution in [0, 0.1) is 11.3 Å². The van der Waals surface area contributed by atoms with Crippen molar-refractivity contribution < 1.29 is 5.11 Å². The largest absolute Gasteiger partial charge is 0.390 e. The Morgan fingerprint density at radius 2 is 2.00 bits per heavy atom. The lowest BCUT2D eigenvalue weighted by molar-refractivity contribution is -0.0418. The van der Waals surface area contributed by atoms with Gasteiger partial charge in [0, 0.05) is 0 Å². The highest BCUT2D eigenvalue weighted by molar-refractivity contribution is 5.02. The molecule has 0 aliphatic heterocycles. The number of rotatable bonds is 2. The van der Waals surface area contributed by atoms with Crippen LogP contribution in [0.3, 0.4) is 0 Å². The third-order valence-corrected chi connectivity index (χ3v) is 4.04. The summed E-state index contributed by atoms with van der Waals surface area (Å²) in [7, 11) is 0. The molecule has 76 valence electrons. The van der Waals surface area contributed by atoms with E-state index in [0.717, 1.165) is 19.3 Å². The van der Waals surface area contributed by atoms with Gasteiger partial charge in [-0.2, -0.15) is 0 Å². The van der Waals surface area contributed by atoms with Gasteiger partial charge in [0.2, 0.25) is 0 Å². The molecule has 0 aromatic carbocycles. The van der Waals surface area contributed by atoms with Gasteiger partial charge in [-0.15, -0.1) is 0 Å². The Labute approximate surface area is 81.9 Å². The number of aliphatic hydroxyl groups is 1. The van der Waals surface area contributed by atoms with Crippen LogP contribution in [-0.2, 0) is 0 Å². The number of hydrogen-bond acceptors (Lipinski definition) is 1. The molecular formula is C12H22O. The minimum atomic E-state index is -0.473. The molecule has 13 heavy (non-hydrogen) atoms. The molecule has 0 spiro atoms. The lowest BCUT2D eigenvalue weighted by atomic mass is 9.72. The van der Waals surface area contributed by atoms with Gasteiger partial charge in [0.05, 0.1) is 5.60 Å². The van der Waals surface area contributed by atoms with Crippen LogP contribution in [0.2, 0.25) is 0 Å². The summed E-state index contributed by atoms with van der Waals surface area (Å²) in [6, 6.07) is 0. The van der Waals surface area contributed by atoms with E-state index in [-0.39, 0.29) is 5.41 Å². The highest BCUT2D eigenvalue weighted by atomic mass is 16.3. The molecule has 0 saturated heterocycles. The molecule has 0 bridgehead atoms. The Balaban J connectivity index is 2.70. The van der Waals surface area contributed by atoms with Gasteiger partial charge in [-0.1, -0.05) is 26.0 Å². The van der Waals surface area contributed by atoms with Crippen molar-refractivity contribution in [3.63, 3.8) is 0 Å². The predicted octanol–water partition coefficient (Wildman–Crippen LogP) is 3.14. The molecule has 2 unspecified atom stereocenters. The second kappa shape index (κ2) is 3.45. The third-order valence-electron chi connectivity index (χ3n) is 4.04. The summed E-state index contributed by atoms with van der Waals surface area (Å²) in [6.45, 7) is 8.41. The normalized spacial score (nSPS) is 38.7. The zero-order valence-corrected chi connectivity index (χ0v) is 9.30. The molecule has 1 aliphatic carbocycles. The Bertz CT molecular complexity index is 201. The van der Waals surface area contributed by atoms with Crippen molar-refractivity contribution in [1.82, 2.24) is 0 Å². The molecule has 0 radical (unpaired) electrons. The maximum Gasteiger partial charge on any atom is 0.0673 e. The van der Waals surface area contributed by atoms with E-state index in [2.05, 4.69) is 32.9 Å². The van der Waals surface area contributed by atoms with Crippen LogP contribution >= 0.6 is 0 Å². The molecule has 1 N–H and O–H groups in total. The SMILES string of the molecule is C/C=C/CC1CCC(C)(O)C1(C)C. The second-order valence-corrected chi connectivity index (χ2v) is 5.04. The summed E-state index contributed by atoms with van der Waals surface area (Å²) in [4.78, 5) is 0. The monoisotopic (exact) mass is 182 g/mol. The Kier molecular flexibility index (Phi) is 2.86. The van der Waals surface area contributed by atoms with E-state index in [1.165, 1.54) is 0 Å². The molecule has 1 heteroatoms. The molecule has 0 aromatic heterocycles. The standard InChI is InChI=1S/C12H22O/c1-5-6-7-10-8-9-12(4,13)11(10,2)3/h5-6,10,13H,7-9H2,1-4H3/b6-5+. The fourth-order valence-electron chi connectivity index (χ4n) is 2.29. The van der Waals surface area contributed by atoms with E-state index in [1.807, 2.05) is 6.92 Å². The Morgan fingerprint density at radius 3 is 2.38 bits per heavy atom. The topological polar surface area (TPSA) is 20.2 Å². The summed E-state index contributed by atoms with van der Waals surface area (Å²) in [5, 5.41) is 10.2. The van der Waals surface area contributed by atoms with Crippen molar-refractivity contribution in [2.75, 3.05) is 0 Å². The zero-order chi connectivity index (χ0) is 10.1. The van der Waals surface area contributed by atoms with Crippen LogP contribution in [0.15, 0.2) is 12.2 Å². The van der Waals surface area contributed by atoms with E-state index in [0.29, 0.717) is 5.92 Å². The molecule has 2 atom stereocenters. The summed E-state index contributed by atoms with van der Waals surface area (Å²) in [6.07, 6.45) is 7.53. The van der Waals surface area contributed by atoms with Crippen molar-refractivity contribution in [3.05, 3.63) is 12.2 Å². The average molecular weight is 182 g/mol. The van der Waals surface area contributed by atoms with Gasteiger partial charge in [-0.3, -0.25) is 0 Å². The first-order valence-corrected chi connectivity index (χ1v) is 5.25. The van der Waals surface area contributed by atoms with Crippen molar-refractivity contribution in [1.29, 1.82) is 0 Å². The molecule has 0 aromatic rings. The van der Waals surface area contributed by atoms with Gasteiger partial charge >= 0.3 is 0 Å². The minimum absolute atomic E-state index is 0.0620. The maximum atomic E-state index is 10.2. The molecule has 1 nitrogen and oxygen atoms in total. The van der Waals surface area contributed by atoms with E-state index in [4.69, 9.17) is 0 Å². The van der Waals surface area contributed by atoms with Crippen LogP contribution in [0.5, 0.6) is 0 Å². The fraction of sp³-hybridized carbons (Fsp3) is 0.833. The van der Waals surface area contributed by atoms with Crippen LogP contribution in [-0.4, -0.2) is 10.7 Å². The molecule has 1 fully saturated rings. The summed E-state index contributed by atoms with van der Waals surface area (Å²) in [5.41, 5.74) is -0.411. The Hall–Kier alpha value is -0.300. The smallest absolute Gasteiger partial charge is 0.0673 e. The third kappa shape index (κ3) is 1.80. The van der Waals surface area contributed by atoms with Gasteiger partial charge < -0.3 is 5.11 Å². The number of allylic oxidation sites excluding steroid dienone is 2. The van der Waals surface area contributed by atoms with Crippen molar-refractivity contribution in [3.8, 4) is 0 Å². The lowest BCUT2D eigenvalue weighted by Crippen LogP contribution is -2.39. The van der Waals surface area contributed by atoms with Gasteiger partial charge in [0.15, 0.2) is 0 Å². The van der Waals surface area contributed by atoms with E-state index in [1.54, 1.807) is 0 Å². The van der Waals surface area contributed by atoms with Crippen molar-refractivity contribution in [2.24, 2.45) is 11.3 Å². The zero-order valence-electron chi connectivity index (χ0n) is 9.30. The lowest BCUT2D eigenvalue weighted by Gasteiger charge is -2.37. The number of hydrogen-bond donors (Lipinski definition) is 1. The first kappa shape index (κ1) is 10.8. The van der Waals surface area contributed by atoms with Crippen LogP contribution in [0.1, 0.15) is 47.0 Å². The maximum absolute atomic E-state index is 10.2. The first-order valence-electron chi connectivity index (χ1n) is 5.25. The summed E-state index contributed by atoms with van der Waals surface area (Å²) >= 11 is 0. The molecule has 0 heterocycles. The van der Waals surface area contributed by atoms with E-state index >= 15 is 0 Å². The van der Waals surface area contributed by atoms with Gasteiger partial charge in [0.25, 0.3) is 0 Å². The molecule has 1 aliphatic rings. The van der Waals surface area contributed by atoms with Crippen molar-refractivity contribution >= 4 is 0 Å². The molecule has 0 amide bonds. The summed E-state index contributed by atoms with van der Waals surface area (Å²) < 4.78 is 0. The molecule has 1 saturated carbocycles. The fourth-order valence-corrected chi connectivity index (χ4v) is 2.29. The van der Waals surface area contributed by atoms with Crippen LogP contribution in [0.4, 0.5) is 0 Å². The highest BCUT2D eigenvalue weighted by Gasteiger charge is 2.49. The molecular weight excluding hydrogens is 160 g/mol. The van der Waals surface area contributed by atoms with E-state index in [9.17, 15) is 5.11 Å². The molecule has 1 rings (SSSR count). The first-order chi connectivity index (χ1) is 5.92. The van der Waals surface area contributed by atoms with Crippen LogP contribution < -0.4 is 0 Å².